The molecule has 0 aliphatic heterocycles. The molecule has 1 atom stereocenters. The van der Waals surface area contributed by atoms with E-state index in [0.29, 0.717) is 24.3 Å². The highest BCUT2D eigenvalue weighted by Gasteiger charge is 2.17. The van der Waals surface area contributed by atoms with Crippen molar-refractivity contribution in [3.05, 3.63) is 29.6 Å². The summed E-state index contributed by atoms with van der Waals surface area (Å²) in [6.45, 7) is 9.02. The minimum Gasteiger partial charge on any atom is -0.493 e. The third-order valence-corrected chi connectivity index (χ3v) is 3.44. The molecule has 1 N–H and O–H groups in total. The Balaban J connectivity index is 2.60. The summed E-state index contributed by atoms with van der Waals surface area (Å²) in [5.74, 6) is 0.246. The van der Waals surface area contributed by atoms with Gasteiger partial charge in [0.05, 0.1) is 18.1 Å². The van der Waals surface area contributed by atoms with E-state index in [4.69, 9.17) is 10.00 Å². The SMILES string of the molecule is CCCNC(C)c1ccc(OCCC(C)(C)C#N)cc1F. The summed E-state index contributed by atoms with van der Waals surface area (Å²) in [7, 11) is 0. The Morgan fingerprint density at radius 3 is 2.71 bits per heavy atom. The average Bonchev–Trinajstić information content (AvgIpc) is 2.44. The van der Waals surface area contributed by atoms with Crippen molar-refractivity contribution in [3.63, 3.8) is 0 Å². The van der Waals surface area contributed by atoms with E-state index in [-0.39, 0.29) is 11.9 Å². The number of hydrogen-bond acceptors (Lipinski definition) is 3. The molecule has 0 fully saturated rings. The van der Waals surface area contributed by atoms with E-state index in [0.717, 1.165) is 13.0 Å². The molecular weight excluding hydrogens is 267 g/mol. The molecule has 0 aromatic heterocycles. The van der Waals surface area contributed by atoms with Crippen molar-refractivity contribution in [1.29, 1.82) is 5.26 Å². The van der Waals surface area contributed by atoms with Crippen LogP contribution < -0.4 is 10.1 Å². The van der Waals surface area contributed by atoms with Gasteiger partial charge in [0.1, 0.15) is 11.6 Å². The van der Waals surface area contributed by atoms with E-state index in [9.17, 15) is 4.39 Å². The van der Waals surface area contributed by atoms with Crippen molar-refractivity contribution in [1.82, 2.24) is 5.32 Å². The van der Waals surface area contributed by atoms with Gasteiger partial charge in [-0.25, -0.2) is 4.39 Å². The highest BCUT2D eigenvalue weighted by molar-refractivity contribution is 5.30. The molecule has 0 aliphatic rings. The van der Waals surface area contributed by atoms with Crippen LogP contribution >= 0.6 is 0 Å². The van der Waals surface area contributed by atoms with Crippen molar-refractivity contribution in [3.8, 4) is 11.8 Å². The Morgan fingerprint density at radius 2 is 2.14 bits per heavy atom. The van der Waals surface area contributed by atoms with Crippen molar-refractivity contribution in [2.75, 3.05) is 13.2 Å². The minimum atomic E-state index is -0.420. The van der Waals surface area contributed by atoms with Crippen LogP contribution in [0.2, 0.25) is 0 Å². The molecular formula is C17H25FN2O. The Kier molecular flexibility index (Phi) is 6.64. The highest BCUT2D eigenvalue weighted by Crippen LogP contribution is 2.23. The Labute approximate surface area is 127 Å². The third kappa shape index (κ3) is 5.73. The standard InChI is InChI=1S/C17H25FN2O/c1-5-9-20-13(2)15-7-6-14(11-16(15)18)21-10-8-17(3,4)12-19/h6-7,11,13,20H,5,8-10H2,1-4H3. The average molecular weight is 292 g/mol. The van der Waals surface area contributed by atoms with E-state index in [1.54, 1.807) is 12.1 Å². The second-order valence-corrected chi connectivity index (χ2v) is 5.95. The molecule has 1 aromatic carbocycles. The smallest absolute Gasteiger partial charge is 0.131 e. The van der Waals surface area contributed by atoms with Gasteiger partial charge in [0, 0.05) is 17.7 Å². The van der Waals surface area contributed by atoms with E-state index in [1.807, 2.05) is 20.8 Å². The lowest BCUT2D eigenvalue weighted by atomic mass is 9.92. The summed E-state index contributed by atoms with van der Waals surface area (Å²) in [4.78, 5) is 0. The van der Waals surface area contributed by atoms with Crippen LogP contribution in [0.3, 0.4) is 0 Å². The molecule has 0 radical (unpaired) electrons. The molecule has 0 saturated carbocycles. The minimum absolute atomic E-state index is 0.0171. The number of halogens is 1. The molecule has 0 spiro atoms. The number of hydrogen-bond donors (Lipinski definition) is 1. The van der Waals surface area contributed by atoms with Crippen LogP contribution in [0.4, 0.5) is 4.39 Å². The van der Waals surface area contributed by atoms with E-state index >= 15 is 0 Å². The molecule has 0 heterocycles. The zero-order valence-corrected chi connectivity index (χ0v) is 13.4. The van der Waals surface area contributed by atoms with Crippen molar-refractivity contribution in [2.24, 2.45) is 5.41 Å². The summed E-state index contributed by atoms with van der Waals surface area (Å²) < 4.78 is 19.6. The molecule has 0 aliphatic carbocycles. The normalized spacial score (nSPS) is 12.8. The van der Waals surface area contributed by atoms with Crippen molar-refractivity contribution >= 4 is 0 Å². The second kappa shape index (κ2) is 7.99. The zero-order chi connectivity index (χ0) is 15.9. The monoisotopic (exact) mass is 292 g/mol. The van der Waals surface area contributed by atoms with Gasteiger partial charge in [-0.05, 0) is 46.2 Å². The van der Waals surface area contributed by atoms with Crippen molar-refractivity contribution in [2.45, 2.75) is 46.6 Å². The predicted molar refractivity (Wildman–Crippen MR) is 82.6 cm³/mol. The van der Waals surface area contributed by atoms with Crippen LogP contribution in [0.15, 0.2) is 18.2 Å². The van der Waals surface area contributed by atoms with Crippen LogP contribution in [0, 0.1) is 22.6 Å². The first-order valence-electron chi connectivity index (χ1n) is 7.46. The molecule has 4 heteroatoms. The van der Waals surface area contributed by atoms with E-state index < -0.39 is 5.41 Å². The summed E-state index contributed by atoms with van der Waals surface area (Å²) in [5, 5.41) is 12.2. The topological polar surface area (TPSA) is 45.0 Å². The molecule has 3 nitrogen and oxygen atoms in total. The molecule has 1 aromatic rings. The lowest BCUT2D eigenvalue weighted by Crippen LogP contribution is -2.20. The van der Waals surface area contributed by atoms with Gasteiger partial charge in [-0.15, -0.1) is 0 Å². The lowest BCUT2D eigenvalue weighted by Gasteiger charge is -2.17. The van der Waals surface area contributed by atoms with Crippen molar-refractivity contribution < 1.29 is 9.13 Å². The first kappa shape index (κ1) is 17.5. The number of nitrogens with zero attached hydrogens (tertiary/aromatic N) is 1. The first-order valence-corrected chi connectivity index (χ1v) is 7.46. The zero-order valence-electron chi connectivity index (χ0n) is 13.4. The maximum Gasteiger partial charge on any atom is 0.131 e. The van der Waals surface area contributed by atoms with Gasteiger partial charge in [-0.3, -0.25) is 0 Å². The maximum atomic E-state index is 14.1. The maximum absolute atomic E-state index is 14.1. The lowest BCUT2D eigenvalue weighted by molar-refractivity contribution is 0.263. The fourth-order valence-electron chi connectivity index (χ4n) is 1.90. The van der Waals surface area contributed by atoms with Gasteiger partial charge < -0.3 is 10.1 Å². The number of nitrogens with one attached hydrogen (secondary N) is 1. The summed E-state index contributed by atoms with van der Waals surface area (Å²) in [6, 6.07) is 7.16. The predicted octanol–water partition coefficient (Wildman–Crippen LogP) is 4.20. The van der Waals surface area contributed by atoms with Crippen LogP contribution in [0.1, 0.15) is 52.1 Å². The molecule has 0 bridgehead atoms. The molecule has 1 rings (SSSR count). The quantitative estimate of drug-likeness (QED) is 0.781. The van der Waals surface area contributed by atoms with Gasteiger partial charge in [0.25, 0.3) is 0 Å². The first-order chi connectivity index (χ1) is 9.89. The van der Waals surface area contributed by atoms with Gasteiger partial charge >= 0.3 is 0 Å². The van der Waals surface area contributed by atoms with Crippen LogP contribution in [-0.4, -0.2) is 13.2 Å². The van der Waals surface area contributed by atoms with Crippen LogP contribution in [-0.2, 0) is 0 Å². The summed E-state index contributed by atoms with van der Waals surface area (Å²) in [6.07, 6.45) is 1.63. The van der Waals surface area contributed by atoms with Crippen LogP contribution in [0.5, 0.6) is 5.75 Å². The Hall–Kier alpha value is -1.60. The van der Waals surface area contributed by atoms with Gasteiger partial charge in [0.15, 0.2) is 0 Å². The number of ether oxygens (including phenoxy) is 1. The molecule has 1 unspecified atom stereocenters. The van der Waals surface area contributed by atoms with Crippen LogP contribution in [0.25, 0.3) is 0 Å². The number of rotatable bonds is 8. The van der Waals surface area contributed by atoms with Gasteiger partial charge in [-0.1, -0.05) is 13.0 Å². The van der Waals surface area contributed by atoms with Gasteiger partial charge in [-0.2, -0.15) is 5.26 Å². The molecule has 21 heavy (non-hydrogen) atoms. The Bertz CT molecular complexity index is 494. The molecule has 116 valence electrons. The molecule has 0 saturated heterocycles. The fraction of sp³-hybridized carbons (Fsp3) is 0.588. The van der Waals surface area contributed by atoms with E-state index in [1.165, 1.54) is 6.07 Å². The largest absolute Gasteiger partial charge is 0.493 e. The number of benzene rings is 1. The summed E-state index contributed by atoms with van der Waals surface area (Å²) >= 11 is 0. The Morgan fingerprint density at radius 1 is 1.43 bits per heavy atom. The fourth-order valence-corrected chi connectivity index (χ4v) is 1.90. The molecule has 0 amide bonds. The van der Waals surface area contributed by atoms with Gasteiger partial charge in [0.2, 0.25) is 0 Å². The highest BCUT2D eigenvalue weighted by atomic mass is 19.1. The second-order valence-electron chi connectivity index (χ2n) is 5.95. The van der Waals surface area contributed by atoms with E-state index in [2.05, 4.69) is 18.3 Å². The number of nitriles is 1. The summed E-state index contributed by atoms with van der Waals surface area (Å²) in [5.41, 5.74) is 0.227. The third-order valence-electron chi connectivity index (χ3n) is 3.44.